The van der Waals surface area contributed by atoms with Crippen molar-refractivity contribution in [1.82, 2.24) is 0 Å². The number of carboxylic acid groups (broad SMARTS) is 1. The van der Waals surface area contributed by atoms with E-state index >= 15 is 0 Å². The van der Waals surface area contributed by atoms with Crippen molar-refractivity contribution < 1.29 is 19.4 Å². The van der Waals surface area contributed by atoms with E-state index in [2.05, 4.69) is 0 Å². The summed E-state index contributed by atoms with van der Waals surface area (Å²) in [6, 6.07) is 0. The fraction of sp³-hybridized carbons (Fsp3) is 0.579. The summed E-state index contributed by atoms with van der Waals surface area (Å²) in [5.41, 5.74) is 2.24. The molecule has 5 heteroatoms. The van der Waals surface area contributed by atoms with Crippen molar-refractivity contribution in [2.24, 2.45) is 16.6 Å². The van der Waals surface area contributed by atoms with Gasteiger partial charge in [0.25, 0.3) is 0 Å². The highest BCUT2D eigenvalue weighted by Gasteiger charge is 2.38. The lowest BCUT2D eigenvalue weighted by Crippen LogP contribution is -2.44. The molecule has 1 amide bonds. The average molecular weight is 335 g/mol. The number of amides is 1. The van der Waals surface area contributed by atoms with Crippen molar-refractivity contribution in [3.05, 3.63) is 36.5 Å². The van der Waals surface area contributed by atoms with Crippen LogP contribution in [0.1, 0.15) is 48.0 Å². The van der Waals surface area contributed by atoms with Gasteiger partial charge >= 0.3 is 5.97 Å². The van der Waals surface area contributed by atoms with E-state index in [9.17, 15) is 14.7 Å². The van der Waals surface area contributed by atoms with Gasteiger partial charge in [-0.3, -0.25) is 9.59 Å². The Morgan fingerprint density at radius 2 is 1.58 bits per heavy atom. The molecule has 0 aromatic carbocycles. The molecule has 0 aliphatic heterocycles. The Kier molecular flexibility index (Phi) is 5.51. The maximum absolute atomic E-state index is 11.6. The van der Waals surface area contributed by atoms with Gasteiger partial charge < -0.3 is 15.6 Å². The number of carbonyl (C=O) groups excluding carboxylic acids is 1. The standard InChI is InChI=1S/C19H29NO4/c1-16(2,14(20)21)13-17(3,4)24-19(6)10-8-7-9-18(5,11-12-19)15(22)23/h7-12H,13H2,1-6H3,(H2,20,21)(H,22,23). The number of primary amides is 1. The first-order valence-electron chi connectivity index (χ1n) is 8.02. The third-order valence-electron chi connectivity index (χ3n) is 4.23. The summed E-state index contributed by atoms with van der Waals surface area (Å²) in [6.45, 7) is 10.9. The number of hydrogen-bond acceptors (Lipinski definition) is 3. The Hall–Kier alpha value is -1.88. The number of ether oxygens (including phenoxy) is 1. The van der Waals surface area contributed by atoms with Crippen LogP contribution in [0.2, 0.25) is 0 Å². The van der Waals surface area contributed by atoms with Gasteiger partial charge in [0.15, 0.2) is 0 Å². The molecule has 1 aliphatic rings. The summed E-state index contributed by atoms with van der Waals surface area (Å²) >= 11 is 0. The van der Waals surface area contributed by atoms with Crippen LogP contribution in [0.15, 0.2) is 36.5 Å². The maximum Gasteiger partial charge on any atom is 0.317 e. The molecule has 0 spiro atoms. The molecule has 0 radical (unpaired) electrons. The van der Waals surface area contributed by atoms with E-state index in [0.29, 0.717) is 6.42 Å². The minimum Gasteiger partial charge on any atom is -0.480 e. The summed E-state index contributed by atoms with van der Waals surface area (Å²) in [7, 11) is 0. The lowest BCUT2D eigenvalue weighted by molar-refractivity contribution is -0.143. The van der Waals surface area contributed by atoms with Gasteiger partial charge in [-0.25, -0.2) is 0 Å². The van der Waals surface area contributed by atoms with Crippen molar-refractivity contribution in [1.29, 1.82) is 0 Å². The first kappa shape index (κ1) is 20.2. The predicted molar refractivity (Wildman–Crippen MR) is 94.3 cm³/mol. The number of nitrogens with two attached hydrogens (primary N) is 1. The number of aliphatic carboxylic acids is 1. The SMILES string of the molecule is CC1(OC(C)(C)CC(C)(C)C(N)=O)C=CC=CC(C)(C(=O)O)C=C1. The average Bonchev–Trinajstić information content (AvgIpc) is 2.38. The molecule has 0 heterocycles. The van der Waals surface area contributed by atoms with Crippen LogP contribution in [-0.2, 0) is 14.3 Å². The normalized spacial score (nSPS) is 27.6. The topological polar surface area (TPSA) is 89.6 Å². The highest BCUT2D eigenvalue weighted by molar-refractivity contribution is 5.80. The molecule has 5 nitrogen and oxygen atoms in total. The van der Waals surface area contributed by atoms with Gasteiger partial charge in [-0.1, -0.05) is 44.2 Å². The number of carboxylic acids is 1. The van der Waals surface area contributed by atoms with Crippen molar-refractivity contribution >= 4 is 11.9 Å². The first-order chi connectivity index (χ1) is 10.7. The molecule has 0 saturated carbocycles. The lowest BCUT2D eigenvalue weighted by atomic mass is 9.80. The number of allylic oxidation sites excluding steroid dienone is 2. The van der Waals surface area contributed by atoms with E-state index in [0.717, 1.165) is 0 Å². The molecule has 24 heavy (non-hydrogen) atoms. The first-order valence-corrected chi connectivity index (χ1v) is 8.02. The second-order valence-corrected chi connectivity index (χ2v) is 8.11. The van der Waals surface area contributed by atoms with E-state index in [1.807, 2.05) is 26.8 Å². The van der Waals surface area contributed by atoms with Crippen LogP contribution in [0.5, 0.6) is 0 Å². The quantitative estimate of drug-likeness (QED) is 0.729. The summed E-state index contributed by atoms with van der Waals surface area (Å²) in [4.78, 5) is 23.1. The number of hydrogen-bond donors (Lipinski definition) is 2. The van der Waals surface area contributed by atoms with Crippen molar-refractivity contribution in [3.8, 4) is 0 Å². The van der Waals surface area contributed by atoms with E-state index in [-0.39, 0.29) is 5.91 Å². The van der Waals surface area contributed by atoms with Crippen LogP contribution in [0.25, 0.3) is 0 Å². The Bertz CT molecular complexity index is 600. The summed E-state index contributed by atoms with van der Waals surface area (Å²) in [6.07, 6.45) is 10.8. The zero-order valence-electron chi connectivity index (χ0n) is 15.4. The van der Waals surface area contributed by atoms with Gasteiger partial charge in [0.2, 0.25) is 5.91 Å². The van der Waals surface area contributed by atoms with Gasteiger partial charge in [0, 0.05) is 5.41 Å². The van der Waals surface area contributed by atoms with E-state index in [1.54, 1.807) is 51.2 Å². The zero-order chi connectivity index (χ0) is 18.8. The molecule has 1 rings (SSSR count). The fourth-order valence-electron chi connectivity index (χ4n) is 2.95. The molecule has 0 fully saturated rings. The van der Waals surface area contributed by atoms with E-state index in [1.165, 1.54) is 0 Å². The maximum atomic E-state index is 11.6. The van der Waals surface area contributed by atoms with Gasteiger partial charge in [-0.05, 0) is 40.2 Å². The minimum atomic E-state index is -1.09. The minimum absolute atomic E-state index is 0.380. The Labute approximate surface area is 144 Å². The molecule has 3 N–H and O–H groups in total. The summed E-state index contributed by atoms with van der Waals surface area (Å²) in [5.74, 6) is -1.31. The molecule has 0 aromatic rings. The molecule has 0 bridgehead atoms. The molecule has 0 saturated heterocycles. The van der Waals surface area contributed by atoms with Crippen molar-refractivity contribution in [2.75, 3.05) is 0 Å². The molecule has 1 aliphatic carbocycles. The summed E-state index contributed by atoms with van der Waals surface area (Å²) in [5, 5.41) is 9.41. The molecule has 2 atom stereocenters. The highest BCUT2D eigenvalue weighted by Crippen LogP contribution is 2.35. The Morgan fingerprint density at radius 3 is 2.08 bits per heavy atom. The van der Waals surface area contributed by atoms with E-state index < -0.39 is 28.0 Å². The van der Waals surface area contributed by atoms with Crippen LogP contribution >= 0.6 is 0 Å². The Balaban J connectivity index is 3.08. The van der Waals surface area contributed by atoms with Gasteiger partial charge in [-0.2, -0.15) is 0 Å². The smallest absolute Gasteiger partial charge is 0.317 e. The molecule has 134 valence electrons. The van der Waals surface area contributed by atoms with Crippen molar-refractivity contribution in [3.63, 3.8) is 0 Å². The molecular formula is C19H29NO4. The molecular weight excluding hydrogens is 306 g/mol. The second-order valence-electron chi connectivity index (χ2n) is 8.11. The second kappa shape index (κ2) is 6.55. The van der Waals surface area contributed by atoms with Gasteiger partial charge in [0.1, 0.15) is 11.0 Å². The third kappa shape index (κ3) is 5.06. The monoisotopic (exact) mass is 335 g/mol. The Morgan fingerprint density at radius 1 is 1.04 bits per heavy atom. The number of rotatable bonds is 6. The van der Waals surface area contributed by atoms with Crippen LogP contribution < -0.4 is 5.73 Å². The number of carbonyl (C=O) groups is 2. The van der Waals surface area contributed by atoms with E-state index in [4.69, 9.17) is 10.5 Å². The summed E-state index contributed by atoms with van der Waals surface area (Å²) < 4.78 is 6.25. The highest BCUT2D eigenvalue weighted by atomic mass is 16.5. The van der Waals surface area contributed by atoms with Crippen LogP contribution in [0, 0.1) is 10.8 Å². The van der Waals surface area contributed by atoms with Crippen LogP contribution in [0.3, 0.4) is 0 Å². The van der Waals surface area contributed by atoms with Crippen LogP contribution in [0.4, 0.5) is 0 Å². The van der Waals surface area contributed by atoms with Gasteiger partial charge in [0.05, 0.1) is 5.60 Å². The predicted octanol–water partition coefficient (Wildman–Crippen LogP) is 3.22. The molecule has 0 aromatic heterocycles. The van der Waals surface area contributed by atoms with Crippen LogP contribution in [-0.4, -0.2) is 28.2 Å². The largest absolute Gasteiger partial charge is 0.480 e. The van der Waals surface area contributed by atoms with Gasteiger partial charge in [-0.15, -0.1) is 0 Å². The van der Waals surface area contributed by atoms with Crippen molar-refractivity contribution in [2.45, 2.75) is 59.2 Å². The molecule has 2 unspecified atom stereocenters. The third-order valence-corrected chi connectivity index (χ3v) is 4.23. The zero-order valence-corrected chi connectivity index (χ0v) is 15.4. The lowest BCUT2D eigenvalue weighted by Gasteiger charge is -2.39. The fourth-order valence-corrected chi connectivity index (χ4v) is 2.95.